The lowest BCUT2D eigenvalue weighted by atomic mass is 10.1. The Balaban J connectivity index is 1.85. The summed E-state index contributed by atoms with van der Waals surface area (Å²) in [4.78, 5) is 28.7. The van der Waals surface area contributed by atoms with Crippen LogP contribution in [-0.2, 0) is 4.79 Å². The number of rotatable bonds is 6. The van der Waals surface area contributed by atoms with E-state index in [-0.39, 0.29) is 17.2 Å². The highest BCUT2D eigenvalue weighted by Crippen LogP contribution is 2.43. The molecule has 0 aliphatic carbocycles. The van der Waals surface area contributed by atoms with Crippen LogP contribution in [0.5, 0.6) is 0 Å². The Labute approximate surface area is 166 Å². The van der Waals surface area contributed by atoms with Gasteiger partial charge in [0.25, 0.3) is 5.91 Å². The quantitative estimate of drug-likeness (QED) is 0.712. The van der Waals surface area contributed by atoms with E-state index in [1.54, 1.807) is 52.3 Å². The van der Waals surface area contributed by atoms with Crippen molar-refractivity contribution in [3.8, 4) is 0 Å². The minimum atomic E-state index is -0.466. The van der Waals surface area contributed by atoms with Crippen LogP contribution in [0.4, 0.5) is 0 Å². The minimum absolute atomic E-state index is 0.0766. The van der Waals surface area contributed by atoms with E-state index in [9.17, 15) is 9.59 Å². The number of hydrogen-bond acceptors (Lipinski definition) is 4. The van der Waals surface area contributed by atoms with Crippen LogP contribution in [0.15, 0.2) is 41.8 Å². The van der Waals surface area contributed by atoms with Crippen LogP contribution in [-0.4, -0.2) is 35.1 Å². The molecule has 1 N–H and O–H groups in total. The van der Waals surface area contributed by atoms with Crippen molar-refractivity contribution in [3.63, 3.8) is 0 Å². The number of hydrogen-bond donors (Lipinski definition) is 1. The summed E-state index contributed by atoms with van der Waals surface area (Å²) >= 11 is 9.19. The monoisotopic (exact) mass is 408 g/mol. The Bertz CT molecular complexity index is 749. The number of amides is 2. The molecule has 1 aromatic heterocycles. The van der Waals surface area contributed by atoms with Crippen molar-refractivity contribution in [1.82, 2.24) is 10.2 Å². The number of thioether (sulfide) groups is 1. The summed E-state index contributed by atoms with van der Waals surface area (Å²) in [5.74, 6) is 0.382. The second-order valence-electron chi connectivity index (χ2n) is 6.08. The number of nitrogens with zero attached hydrogens (tertiary/aromatic N) is 1. The molecule has 1 fully saturated rings. The first kappa shape index (κ1) is 19.3. The molecule has 1 aliphatic rings. The average molecular weight is 409 g/mol. The molecule has 0 spiro atoms. The predicted octanol–water partition coefficient (Wildman–Crippen LogP) is 4.57. The van der Waals surface area contributed by atoms with E-state index in [0.29, 0.717) is 22.9 Å². The van der Waals surface area contributed by atoms with E-state index in [0.717, 1.165) is 17.7 Å². The highest BCUT2D eigenvalue weighted by atomic mass is 35.5. The van der Waals surface area contributed by atoms with E-state index >= 15 is 0 Å². The van der Waals surface area contributed by atoms with E-state index in [4.69, 9.17) is 11.6 Å². The molecule has 138 valence electrons. The molecule has 2 aromatic rings. The predicted molar refractivity (Wildman–Crippen MR) is 109 cm³/mol. The van der Waals surface area contributed by atoms with Crippen molar-refractivity contribution in [2.45, 2.75) is 31.2 Å². The summed E-state index contributed by atoms with van der Waals surface area (Å²) in [6.45, 7) is 2.73. The van der Waals surface area contributed by atoms with Crippen LogP contribution in [0.2, 0.25) is 5.02 Å². The molecule has 3 rings (SSSR count). The highest BCUT2D eigenvalue weighted by Gasteiger charge is 2.42. The highest BCUT2D eigenvalue weighted by molar-refractivity contribution is 7.99. The number of benzene rings is 1. The third-order valence-electron chi connectivity index (χ3n) is 4.24. The molecule has 1 aromatic carbocycles. The maximum atomic E-state index is 13.2. The Morgan fingerprint density at radius 2 is 2.04 bits per heavy atom. The van der Waals surface area contributed by atoms with Gasteiger partial charge in [0.15, 0.2) is 0 Å². The van der Waals surface area contributed by atoms with Crippen molar-refractivity contribution < 1.29 is 9.59 Å². The van der Waals surface area contributed by atoms with Crippen LogP contribution in [0.1, 0.15) is 40.4 Å². The molecular weight excluding hydrogens is 388 g/mol. The fraction of sp³-hybridized carbons (Fsp3) is 0.368. The van der Waals surface area contributed by atoms with Gasteiger partial charge in [-0.15, -0.1) is 23.1 Å². The average Bonchev–Trinajstić information content (AvgIpc) is 3.31. The summed E-state index contributed by atoms with van der Waals surface area (Å²) in [7, 11) is 0. The molecule has 7 heteroatoms. The zero-order chi connectivity index (χ0) is 18.5. The molecule has 0 radical (unpaired) electrons. The van der Waals surface area contributed by atoms with Gasteiger partial charge in [-0.3, -0.25) is 9.59 Å². The van der Waals surface area contributed by atoms with Gasteiger partial charge in [0.1, 0.15) is 11.4 Å². The zero-order valence-corrected chi connectivity index (χ0v) is 16.9. The standard InChI is InChI=1S/C19H21ClN2O2S2/c1-2-3-10-21-17(23)15-12-26-19(16-5-4-11-25-16)22(15)18(24)13-6-8-14(20)9-7-13/h4-9,11,15,19H,2-3,10,12H2,1H3,(H,21,23)/t15-,19+/m1/s1. The maximum Gasteiger partial charge on any atom is 0.255 e. The molecule has 4 nitrogen and oxygen atoms in total. The van der Waals surface area contributed by atoms with Crippen LogP contribution in [0, 0.1) is 0 Å². The number of nitrogens with one attached hydrogen (secondary N) is 1. The van der Waals surface area contributed by atoms with Gasteiger partial charge < -0.3 is 10.2 Å². The van der Waals surface area contributed by atoms with Crippen molar-refractivity contribution in [2.24, 2.45) is 0 Å². The van der Waals surface area contributed by atoms with Gasteiger partial charge in [0.05, 0.1) is 0 Å². The number of carbonyl (C=O) groups excluding carboxylic acids is 2. The second kappa shape index (κ2) is 8.93. The first-order valence-corrected chi connectivity index (χ1v) is 10.9. The van der Waals surface area contributed by atoms with E-state index in [2.05, 4.69) is 12.2 Å². The maximum absolute atomic E-state index is 13.2. The summed E-state index contributed by atoms with van der Waals surface area (Å²) in [6, 6.07) is 10.4. The van der Waals surface area contributed by atoms with Gasteiger partial charge in [0.2, 0.25) is 5.91 Å². The normalized spacial score (nSPS) is 19.5. The van der Waals surface area contributed by atoms with Gasteiger partial charge >= 0.3 is 0 Å². The SMILES string of the molecule is CCCCNC(=O)[C@H]1CS[C@@H](c2cccs2)N1C(=O)c1ccc(Cl)cc1. The first-order chi connectivity index (χ1) is 12.6. The van der Waals surface area contributed by atoms with Gasteiger partial charge in [-0.2, -0.15) is 0 Å². The molecule has 1 aliphatic heterocycles. The number of thiophene rings is 1. The smallest absolute Gasteiger partial charge is 0.255 e. The lowest BCUT2D eigenvalue weighted by molar-refractivity contribution is -0.124. The molecule has 2 atom stereocenters. The molecular formula is C19H21ClN2O2S2. The minimum Gasteiger partial charge on any atom is -0.354 e. The van der Waals surface area contributed by atoms with Crippen LogP contribution in [0.25, 0.3) is 0 Å². The molecule has 26 heavy (non-hydrogen) atoms. The van der Waals surface area contributed by atoms with E-state index in [1.807, 2.05) is 17.5 Å². The number of unbranched alkanes of at least 4 members (excludes halogenated alkanes) is 1. The molecule has 0 unspecified atom stereocenters. The first-order valence-electron chi connectivity index (χ1n) is 8.62. The number of halogens is 1. The lowest BCUT2D eigenvalue weighted by Crippen LogP contribution is -2.48. The topological polar surface area (TPSA) is 49.4 Å². The second-order valence-corrected chi connectivity index (χ2v) is 8.61. The molecule has 0 bridgehead atoms. The summed E-state index contributed by atoms with van der Waals surface area (Å²) in [5.41, 5.74) is 0.546. The summed E-state index contributed by atoms with van der Waals surface area (Å²) in [5, 5.41) is 5.41. The van der Waals surface area contributed by atoms with Gasteiger partial charge in [-0.05, 0) is 42.1 Å². The van der Waals surface area contributed by atoms with Crippen LogP contribution in [0.3, 0.4) is 0 Å². The third-order valence-corrected chi connectivity index (χ3v) is 6.88. The lowest BCUT2D eigenvalue weighted by Gasteiger charge is -2.28. The van der Waals surface area contributed by atoms with Crippen molar-refractivity contribution in [1.29, 1.82) is 0 Å². The molecule has 1 saturated heterocycles. The Hall–Kier alpha value is -1.50. The van der Waals surface area contributed by atoms with E-state index < -0.39 is 6.04 Å². The van der Waals surface area contributed by atoms with Crippen molar-refractivity contribution in [3.05, 3.63) is 57.2 Å². The largest absolute Gasteiger partial charge is 0.354 e. The summed E-state index contributed by atoms with van der Waals surface area (Å²) in [6.07, 6.45) is 1.95. The van der Waals surface area contributed by atoms with Crippen molar-refractivity contribution >= 4 is 46.5 Å². The van der Waals surface area contributed by atoms with Gasteiger partial charge in [0, 0.05) is 27.8 Å². The Kier molecular flexibility index (Phi) is 6.62. The fourth-order valence-corrected chi connectivity index (χ4v) is 5.38. The van der Waals surface area contributed by atoms with Crippen LogP contribution >= 0.6 is 34.7 Å². The van der Waals surface area contributed by atoms with Crippen molar-refractivity contribution in [2.75, 3.05) is 12.3 Å². The molecule has 2 amide bonds. The summed E-state index contributed by atoms with van der Waals surface area (Å²) < 4.78 is 0. The fourth-order valence-electron chi connectivity index (χ4n) is 2.86. The number of carbonyl (C=O) groups is 2. The molecule has 0 saturated carbocycles. The van der Waals surface area contributed by atoms with Crippen LogP contribution < -0.4 is 5.32 Å². The van der Waals surface area contributed by atoms with Gasteiger partial charge in [-0.1, -0.05) is 31.0 Å². The Morgan fingerprint density at radius 1 is 1.27 bits per heavy atom. The zero-order valence-electron chi connectivity index (χ0n) is 14.5. The van der Waals surface area contributed by atoms with Gasteiger partial charge in [-0.25, -0.2) is 0 Å². The third kappa shape index (κ3) is 4.24. The molecule has 2 heterocycles. The van der Waals surface area contributed by atoms with E-state index in [1.165, 1.54) is 0 Å². The Morgan fingerprint density at radius 3 is 2.69 bits per heavy atom.